The summed E-state index contributed by atoms with van der Waals surface area (Å²) in [5.74, 6) is 0.660. The van der Waals surface area contributed by atoms with E-state index in [0.29, 0.717) is 18.9 Å². The first-order valence-electron chi connectivity index (χ1n) is 9.89. The summed E-state index contributed by atoms with van der Waals surface area (Å²) < 4.78 is 45.0. The van der Waals surface area contributed by atoms with Gasteiger partial charge in [0.15, 0.2) is 5.96 Å². The van der Waals surface area contributed by atoms with Crippen LogP contribution in [0.3, 0.4) is 0 Å². The zero-order chi connectivity index (χ0) is 22.4. The van der Waals surface area contributed by atoms with E-state index in [1.54, 1.807) is 11.9 Å². The minimum Gasteiger partial charge on any atom is -0.497 e. The number of alkyl halides is 3. The Hall–Kier alpha value is -2.50. The highest BCUT2D eigenvalue weighted by molar-refractivity contribution is 14.0. The fourth-order valence-corrected chi connectivity index (χ4v) is 3.40. The predicted octanol–water partition coefficient (Wildman–Crippen LogP) is 4.32. The van der Waals surface area contributed by atoms with Crippen LogP contribution in [-0.2, 0) is 24.1 Å². The molecule has 0 aromatic heterocycles. The molecule has 0 saturated carbocycles. The molecule has 32 heavy (non-hydrogen) atoms. The second-order valence-corrected chi connectivity index (χ2v) is 7.12. The quantitative estimate of drug-likeness (QED) is 0.313. The van der Waals surface area contributed by atoms with Crippen LogP contribution in [0.4, 0.5) is 18.9 Å². The molecule has 2 aromatic rings. The van der Waals surface area contributed by atoms with E-state index in [9.17, 15) is 18.0 Å². The van der Waals surface area contributed by atoms with Gasteiger partial charge < -0.3 is 20.3 Å². The molecule has 2 aromatic carbocycles. The van der Waals surface area contributed by atoms with Crippen molar-refractivity contribution >= 4 is 41.5 Å². The summed E-state index contributed by atoms with van der Waals surface area (Å²) in [6.07, 6.45) is -3.04. The van der Waals surface area contributed by atoms with E-state index < -0.39 is 11.7 Å². The van der Waals surface area contributed by atoms with Crippen molar-refractivity contribution in [3.8, 4) is 5.75 Å². The van der Waals surface area contributed by atoms with Crippen molar-refractivity contribution in [1.29, 1.82) is 0 Å². The molecule has 1 saturated heterocycles. The number of benzene rings is 2. The summed E-state index contributed by atoms with van der Waals surface area (Å²) >= 11 is 0. The Kier molecular flexibility index (Phi) is 9.17. The Morgan fingerprint density at radius 2 is 1.81 bits per heavy atom. The number of amides is 1. The first kappa shape index (κ1) is 25.8. The standard InChI is InChI=1S/C22H25F3N4O2.HI/c1-26-21(28-14-16-7-10-18(31-2)12-19(16)22(23,24)25)27-13-15-5-8-17(9-6-15)29-11-3-4-20(29)30;/h5-10,12H,3-4,11,13-14H2,1-2H3,(H2,26,27,28);1H. The third kappa shape index (κ3) is 6.50. The second-order valence-electron chi connectivity index (χ2n) is 7.12. The fraction of sp³-hybridized carbons (Fsp3) is 0.364. The number of ether oxygens (including phenoxy) is 1. The van der Waals surface area contributed by atoms with Gasteiger partial charge in [-0.2, -0.15) is 13.2 Å². The van der Waals surface area contributed by atoms with Crippen LogP contribution in [0.2, 0.25) is 0 Å². The van der Waals surface area contributed by atoms with Gasteiger partial charge >= 0.3 is 6.18 Å². The van der Waals surface area contributed by atoms with Crippen molar-refractivity contribution in [3.63, 3.8) is 0 Å². The molecule has 0 atom stereocenters. The summed E-state index contributed by atoms with van der Waals surface area (Å²) in [4.78, 5) is 17.7. The summed E-state index contributed by atoms with van der Waals surface area (Å²) in [7, 11) is 2.88. The minimum atomic E-state index is -4.49. The van der Waals surface area contributed by atoms with Crippen molar-refractivity contribution in [1.82, 2.24) is 10.6 Å². The van der Waals surface area contributed by atoms with E-state index >= 15 is 0 Å². The lowest BCUT2D eigenvalue weighted by Gasteiger charge is -2.17. The summed E-state index contributed by atoms with van der Waals surface area (Å²) in [6.45, 7) is 1.12. The number of nitrogens with one attached hydrogen (secondary N) is 2. The third-order valence-electron chi connectivity index (χ3n) is 5.07. The highest BCUT2D eigenvalue weighted by atomic mass is 127. The van der Waals surface area contributed by atoms with E-state index in [-0.39, 0.29) is 47.7 Å². The third-order valence-corrected chi connectivity index (χ3v) is 5.07. The molecule has 6 nitrogen and oxygen atoms in total. The Balaban J connectivity index is 0.00000363. The maximum atomic E-state index is 13.4. The predicted molar refractivity (Wildman–Crippen MR) is 128 cm³/mol. The van der Waals surface area contributed by atoms with Crippen LogP contribution in [0.1, 0.15) is 29.5 Å². The van der Waals surface area contributed by atoms with Crippen LogP contribution in [0.25, 0.3) is 0 Å². The SMILES string of the molecule is CN=C(NCc1ccc(N2CCCC2=O)cc1)NCc1ccc(OC)cc1C(F)(F)F.I. The van der Waals surface area contributed by atoms with Crippen molar-refractivity contribution in [2.24, 2.45) is 4.99 Å². The van der Waals surface area contributed by atoms with E-state index in [1.807, 2.05) is 24.3 Å². The zero-order valence-corrected chi connectivity index (χ0v) is 20.2. The van der Waals surface area contributed by atoms with Gasteiger partial charge in [0.05, 0.1) is 12.7 Å². The molecule has 2 N–H and O–H groups in total. The van der Waals surface area contributed by atoms with Gasteiger partial charge in [-0.1, -0.05) is 18.2 Å². The molecule has 3 rings (SSSR count). The van der Waals surface area contributed by atoms with E-state index in [4.69, 9.17) is 4.74 Å². The number of aliphatic imine (C=N–C) groups is 1. The van der Waals surface area contributed by atoms with Crippen LogP contribution in [0.15, 0.2) is 47.5 Å². The number of rotatable bonds is 6. The molecule has 1 aliphatic heterocycles. The smallest absolute Gasteiger partial charge is 0.416 e. The fourth-order valence-electron chi connectivity index (χ4n) is 3.40. The van der Waals surface area contributed by atoms with Crippen LogP contribution in [-0.4, -0.2) is 32.6 Å². The first-order chi connectivity index (χ1) is 14.8. The van der Waals surface area contributed by atoms with Crippen LogP contribution in [0.5, 0.6) is 5.75 Å². The lowest BCUT2D eigenvalue weighted by Crippen LogP contribution is -2.36. The average molecular weight is 562 g/mol. The minimum absolute atomic E-state index is 0. The number of guanidine groups is 1. The van der Waals surface area contributed by atoms with Gasteiger partial charge in [-0.15, -0.1) is 24.0 Å². The molecule has 0 unspecified atom stereocenters. The Morgan fingerprint density at radius 3 is 2.38 bits per heavy atom. The number of hydrogen-bond donors (Lipinski definition) is 2. The zero-order valence-electron chi connectivity index (χ0n) is 17.8. The molecule has 174 valence electrons. The van der Waals surface area contributed by atoms with E-state index in [1.165, 1.54) is 19.2 Å². The van der Waals surface area contributed by atoms with E-state index in [0.717, 1.165) is 30.3 Å². The molecular formula is C22H26F3IN4O2. The van der Waals surface area contributed by atoms with Crippen molar-refractivity contribution in [2.75, 3.05) is 25.6 Å². The number of nitrogens with zero attached hydrogens (tertiary/aromatic N) is 2. The van der Waals surface area contributed by atoms with Gasteiger partial charge in [-0.25, -0.2) is 0 Å². The molecule has 0 bridgehead atoms. The maximum Gasteiger partial charge on any atom is 0.416 e. The van der Waals surface area contributed by atoms with Crippen LogP contribution in [0, 0.1) is 0 Å². The Labute approximate surface area is 202 Å². The molecule has 1 amide bonds. The summed E-state index contributed by atoms with van der Waals surface area (Å²) in [5, 5.41) is 6.00. The van der Waals surface area contributed by atoms with Crippen molar-refractivity contribution < 1.29 is 22.7 Å². The molecule has 0 aliphatic carbocycles. The average Bonchev–Trinajstić information content (AvgIpc) is 3.19. The van der Waals surface area contributed by atoms with Crippen molar-refractivity contribution in [3.05, 3.63) is 59.2 Å². The molecule has 0 radical (unpaired) electrons. The van der Waals surface area contributed by atoms with Crippen LogP contribution >= 0.6 is 24.0 Å². The molecule has 1 heterocycles. The van der Waals surface area contributed by atoms with Gasteiger partial charge in [0.25, 0.3) is 0 Å². The molecule has 0 spiro atoms. The number of methoxy groups -OCH3 is 1. The summed E-state index contributed by atoms with van der Waals surface area (Å²) in [6, 6.07) is 11.5. The largest absolute Gasteiger partial charge is 0.497 e. The summed E-state index contributed by atoms with van der Waals surface area (Å²) in [5.41, 5.74) is 1.17. The normalized spacial score (nSPS) is 14.2. The number of carbonyl (C=O) groups excluding carboxylic acids is 1. The van der Waals surface area contributed by atoms with Gasteiger partial charge in [0.2, 0.25) is 5.91 Å². The number of hydrogen-bond acceptors (Lipinski definition) is 3. The maximum absolute atomic E-state index is 13.4. The Morgan fingerprint density at radius 1 is 1.12 bits per heavy atom. The lowest BCUT2D eigenvalue weighted by molar-refractivity contribution is -0.138. The van der Waals surface area contributed by atoms with Crippen LogP contribution < -0.4 is 20.3 Å². The van der Waals surface area contributed by atoms with Gasteiger partial charge in [-0.3, -0.25) is 9.79 Å². The number of halogens is 4. The molecular weight excluding hydrogens is 536 g/mol. The monoisotopic (exact) mass is 562 g/mol. The van der Waals surface area contributed by atoms with E-state index in [2.05, 4.69) is 15.6 Å². The molecule has 1 fully saturated rings. The van der Waals surface area contributed by atoms with Gasteiger partial charge in [-0.05, 0) is 41.8 Å². The van der Waals surface area contributed by atoms with Gasteiger partial charge in [0.1, 0.15) is 5.75 Å². The topological polar surface area (TPSA) is 66.0 Å². The molecule has 10 heteroatoms. The lowest BCUT2D eigenvalue weighted by atomic mass is 10.1. The number of carbonyl (C=O) groups is 1. The highest BCUT2D eigenvalue weighted by Crippen LogP contribution is 2.34. The van der Waals surface area contributed by atoms with Gasteiger partial charge in [0, 0.05) is 38.8 Å². The first-order valence-corrected chi connectivity index (χ1v) is 9.89. The Bertz CT molecular complexity index is 949. The number of anilines is 1. The highest BCUT2D eigenvalue weighted by Gasteiger charge is 2.33. The molecule has 1 aliphatic rings. The van der Waals surface area contributed by atoms with Crippen molar-refractivity contribution in [2.45, 2.75) is 32.1 Å². The second kappa shape index (κ2) is 11.4.